The maximum absolute atomic E-state index is 10.6. The minimum absolute atomic E-state index is 0.00926. The number of alkyl halides is 3. The van der Waals surface area contributed by atoms with Gasteiger partial charge in [-0.2, -0.15) is 13.2 Å². The smallest absolute Gasteiger partial charge is 0.490 e. The van der Waals surface area contributed by atoms with E-state index in [0.29, 0.717) is 0 Å². The number of halogens is 3. The summed E-state index contributed by atoms with van der Waals surface area (Å²) in [5.74, 6) is -2.75. The van der Waals surface area contributed by atoms with Crippen molar-refractivity contribution in [3.63, 3.8) is 0 Å². The summed E-state index contributed by atoms with van der Waals surface area (Å²) < 4.78 is 31.7. The first-order valence-corrected chi connectivity index (χ1v) is 3.09. The topological polar surface area (TPSA) is 83.3 Å². The molecule has 0 atom stereocenters. The number of aromatic nitrogens is 2. The SMILES string of the molecule is O=C(O)C(F)(F)F.Oc1ccncn1. The highest BCUT2D eigenvalue weighted by atomic mass is 19.4. The average Bonchev–Trinajstić information content (AvgIpc) is 2.04. The minimum Gasteiger partial charge on any atom is -0.493 e. The van der Waals surface area contributed by atoms with Crippen LogP contribution in [0.5, 0.6) is 5.88 Å². The Morgan fingerprint density at radius 2 is 1.93 bits per heavy atom. The van der Waals surface area contributed by atoms with Gasteiger partial charge in [-0.1, -0.05) is 0 Å². The standard InChI is InChI=1S/C4H4N2O.C2HF3O2/c7-4-1-2-5-3-6-4;3-2(4,5)1(6)7/h1-3H,(H,5,6,7);(H,6,7). The van der Waals surface area contributed by atoms with Crippen LogP contribution in [-0.2, 0) is 4.79 Å². The normalized spacial score (nSPS) is 9.93. The molecule has 8 heteroatoms. The van der Waals surface area contributed by atoms with Crippen LogP contribution >= 0.6 is 0 Å². The Morgan fingerprint density at radius 3 is 2.07 bits per heavy atom. The van der Waals surface area contributed by atoms with Gasteiger partial charge in [0.15, 0.2) is 0 Å². The van der Waals surface area contributed by atoms with Crippen molar-refractivity contribution < 1.29 is 28.2 Å². The molecule has 0 aliphatic carbocycles. The quantitative estimate of drug-likeness (QED) is 0.662. The molecule has 5 nitrogen and oxygen atoms in total. The van der Waals surface area contributed by atoms with Gasteiger partial charge in [0, 0.05) is 12.3 Å². The lowest BCUT2D eigenvalue weighted by atomic mass is 10.7. The summed E-state index contributed by atoms with van der Waals surface area (Å²) in [5.41, 5.74) is 0. The van der Waals surface area contributed by atoms with Crippen molar-refractivity contribution in [3.05, 3.63) is 18.6 Å². The van der Waals surface area contributed by atoms with Crippen LogP contribution in [0.15, 0.2) is 18.6 Å². The number of nitrogens with zero attached hydrogens (tertiary/aromatic N) is 2. The third-order valence-electron chi connectivity index (χ3n) is 0.809. The van der Waals surface area contributed by atoms with Gasteiger partial charge in [0.1, 0.15) is 6.33 Å². The molecule has 0 radical (unpaired) electrons. The molecule has 0 bridgehead atoms. The highest BCUT2D eigenvalue weighted by molar-refractivity contribution is 5.73. The van der Waals surface area contributed by atoms with Crippen LogP contribution in [-0.4, -0.2) is 32.3 Å². The molecule has 0 fully saturated rings. The van der Waals surface area contributed by atoms with E-state index in [1.165, 1.54) is 18.6 Å². The largest absolute Gasteiger partial charge is 0.493 e. The first-order chi connectivity index (χ1) is 6.34. The first kappa shape index (κ1) is 12.1. The summed E-state index contributed by atoms with van der Waals surface area (Å²) in [6.07, 6.45) is -2.32. The Morgan fingerprint density at radius 1 is 1.43 bits per heavy atom. The van der Waals surface area contributed by atoms with Crippen LogP contribution in [0.1, 0.15) is 0 Å². The molecule has 1 aromatic rings. The second-order valence-electron chi connectivity index (χ2n) is 1.87. The van der Waals surface area contributed by atoms with Gasteiger partial charge in [-0.25, -0.2) is 14.8 Å². The number of carboxylic acids is 1. The molecule has 0 aliphatic heterocycles. The summed E-state index contributed by atoms with van der Waals surface area (Å²) in [5, 5.41) is 15.6. The number of aliphatic carboxylic acids is 1. The van der Waals surface area contributed by atoms with E-state index in [1.54, 1.807) is 0 Å². The van der Waals surface area contributed by atoms with Crippen molar-refractivity contribution in [1.29, 1.82) is 0 Å². The van der Waals surface area contributed by atoms with Crippen molar-refractivity contribution >= 4 is 5.97 Å². The van der Waals surface area contributed by atoms with E-state index in [-0.39, 0.29) is 5.88 Å². The molecule has 78 valence electrons. The molecular weight excluding hydrogens is 205 g/mol. The van der Waals surface area contributed by atoms with E-state index >= 15 is 0 Å². The van der Waals surface area contributed by atoms with Crippen LogP contribution in [0, 0.1) is 0 Å². The van der Waals surface area contributed by atoms with Gasteiger partial charge in [0.05, 0.1) is 0 Å². The van der Waals surface area contributed by atoms with Crippen molar-refractivity contribution in [2.45, 2.75) is 6.18 Å². The predicted octanol–water partition coefficient (Wildman–Crippen LogP) is 0.816. The lowest BCUT2D eigenvalue weighted by molar-refractivity contribution is -0.192. The molecule has 1 rings (SSSR count). The summed E-state index contributed by atoms with van der Waals surface area (Å²) in [4.78, 5) is 15.9. The van der Waals surface area contributed by atoms with Gasteiger partial charge in [0.25, 0.3) is 0 Å². The van der Waals surface area contributed by atoms with Gasteiger partial charge in [-0.3, -0.25) is 0 Å². The lowest BCUT2D eigenvalue weighted by Gasteiger charge is -1.93. The van der Waals surface area contributed by atoms with Crippen LogP contribution in [0.25, 0.3) is 0 Å². The summed E-state index contributed by atoms with van der Waals surface area (Å²) in [6, 6.07) is 1.42. The van der Waals surface area contributed by atoms with E-state index < -0.39 is 12.1 Å². The van der Waals surface area contributed by atoms with E-state index in [0.717, 1.165) is 0 Å². The highest BCUT2D eigenvalue weighted by Crippen LogP contribution is 2.13. The van der Waals surface area contributed by atoms with Gasteiger partial charge < -0.3 is 10.2 Å². The Balaban J connectivity index is 0.000000241. The van der Waals surface area contributed by atoms with Crippen LogP contribution in [0.2, 0.25) is 0 Å². The molecule has 0 spiro atoms. The van der Waals surface area contributed by atoms with E-state index in [4.69, 9.17) is 15.0 Å². The number of hydrogen-bond acceptors (Lipinski definition) is 4. The molecule has 0 aromatic carbocycles. The second kappa shape index (κ2) is 5.00. The Bertz CT molecular complexity index is 288. The van der Waals surface area contributed by atoms with E-state index in [1.807, 2.05) is 0 Å². The monoisotopic (exact) mass is 210 g/mol. The predicted molar refractivity (Wildman–Crippen MR) is 37.4 cm³/mol. The zero-order valence-corrected chi connectivity index (χ0v) is 6.56. The van der Waals surface area contributed by atoms with Crippen LogP contribution in [0.4, 0.5) is 13.2 Å². The lowest BCUT2D eigenvalue weighted by Crippen LogP contribution is -2.21. The fraction of sp³-hybridized carbons (Fsp3) is 0.167. The zero-order valence-electron chi connectivity index (χ0n) is 6.56. The average molecular weight is 210 g/mol. The third kappa shape index (κ3) is 5.75. The summed E-state index contributed by atoms with van der Waals surface area (Å²) in [7, 11) is 0. The van der Waals surface area contributed by atoms with Crippen molar-refractivity contribution in [2.24, 2.45) is 0 Å². The Kier molecular flexibility index (Phi) is 4.33. The molecule has 0 aliphatic rings. The molecule has 0 saturated heterocycles. The highest BCUT2D eigenvalue weighted by Gasteiger charge is 2.38. The molecule has 14 heavy (non-hydrogen) atoms. The fourth-order valence-electron chi connectivity index (χ4n) is 0.284. The summed E-state index contributed by atoms with van der Waals surface area (Å²) in [6.45, 7) is 0. The number of hydrogen-bond donors (Lipinski definition) is 2. The minimum atomic E-state index is -5.08. The second-order valence-corrected chi connectivity index (χ2v) is 1.87. The molecule has 0 amide bonds. The van der Waals surface area contributed by atoms with Gasteiger partial charge in [-0.05, 0) is 0 Å². The first-order valence-electron chi connectivity index (χ1n) is 3.09. The zero-order chi connectivity index (χ0) is 11.2. The van der Waals surface area contributed by atoms with E-state index in [9.17, 15) is 13.2 Å². The molecule has 0 unspecified atom stereocenters. The maximum atomic E-state index is 10.6. The van der Waals surface area contributed by atoms with E-state index in [2.05, 4.69) is 9.97 Å². The summed E-state index contributed by atoms with van der Waals surface area (Å²) >= 11 is 0. The molecule has 0 saturated carbocycles. The number of carbonyl (C=O) groups is 1. The molecule has 2 N–H and O–H groups in total. The molecule has 1 aromatic heterocycles. The van der Waals surface area contributed by atoms with Crippen molar-refractivity contribution in [2.75, 3.05) is 0 Å². The number of carboxylic acid groups (broad SMARTS) is 1. The van der Waals surface area contributed by atoms with Crippen LogP contribution in [0.3, 0.4) is 0 Å². The maximum Gasteiger partial charge on any atom is 0.490 e. The third-order valence-corrected chi connectivity index (χ3v) is 0.809. The number of rotatable bonds is 0. The van der Waals surface area contributed by atoms with Crippen molar-refractivity contribution in [3.8, 4) is 5.88 Å². The van der Waals surface area contributed by atoms with Gasteiger partial charge in [0.2, 0.25) is 5.88 Å². The number of aromatic hydroxyl groups is 1. The van der Waals surface area contributed by atoms with Crippen LogP contribution < -0.4 is 0 Å². The van der Waals surface area contributed by atoms with Gasteiger partial charge in [-0.15, -0.1) is 0 Å². The molecular formula is C6H5F3N2O3. The van der Waals surface area contributed by atoms with Crippen molar-refractivity contribution in [1.82, 2.24) is 9.97 Å². The molecule has 1 heterocycles. The Hall–Kier alpha value is -1.86. The Labute approximate surface area is 75.9 Å². The van der Waals surface area contributed by atoms with Gasteiger partial charge >= 0.3 is 12.1 Å². The fourth-order valence-corrected chi connectivity index (χ4v) is 0.284.